The molecule has 0 atom stereocenters. The van der Waals surface area contributed by atoms with Crippen molar-refractivity contribution in [1.29, 1.82) is 0 Å². The largest absolute Gasteiger partial charge is 0.349 e. The SMILES string of the molecule is O=C(NC1CCC(Cl)CC1)c1cccc(F)c1Cl. The number of carbonyl (C=O) groups excluding carboxylic acids is 1. The molecular formula is C13H14Cl2FNO. The Kier molecular flexibility index (Phi) is 4.46. The number of carbonyl (C=O) groups is 1. The fraction of sp³-hybridized carbons (Fsp3) is 0.462. The molecule has 0 aromatic heterocycles. The van der Waals surface area contributed by atoms with Crippen LogP contribution in [0.3, 0.4) is 0 Å². The van der Waals surface area contributed by atoms with Crippen LogP contribution in [0.1, 0.15) is 36.0 Å². The molecule has 0 radical (unpaired) electrons. The molecule has 2 rings (SSSR count). The van der Waals surface area contributed by atoms with E-state index in [9.17, 15) is 9.18 Å². The minimum absolute atomic E-state index is 0.104. The van der Waals surface area contributed by atoms with Crippen LogP contribution in [0.25, 0.3) is 0 Å². The van der Waals surface area contributed by atoms with Gasteiger partial charge in [0, 0.05) is 11.4 Å². The van der Waals surface area contributed by atoms with Gasteiger partial charge in [-0.15, -0.1) is 11.6 Å². The lowest BCUT2D eigenvalue weighted by Crippen LogP contribution is -2.38. The minimum Gasteiger partial charge on any atom is -0.349 e. The Morgan fingerprint density at radius 2 is 1.94 bits per heavy atom. The molecule has 0 unspecified atom stereocenters. The monoisotopic (exact) mass is 289 g/mol. The summed E-state index contributed by atoms with van der Waals surface area (Å²) >= 11 is 11.8. The predicted octanol–water partition coefficient (Wildman–Crippen LogP) is 3.76. The molecule has 18 heavy (non-hydrogen) atoms. The summed E-state index contributed by atoms with van der Waals surface area (Å²) in [7, 11) is 0. The molecule has 1 fully saturated rings. The normalized spacial score (nSPS) is 23.7. The first-order valence-corrected chi connectivity index (χ1v) is 6.78. The van der Waals surface area contributed by atoms with E-state index in [2.05, 4.69) is 5.32 Å². The predicted molar refractivity (Wildman–Crippen MR) is 70.8 cm³/mol. The Bertz CT molecular complexity index is 445. The number of halogens is 3. The number of benzene rings is 1. The van der Waals surface area contributed by atoms with Gasteiger partial charge in [-0.25, -0.2) is 4.39 Å². The standard InChI is InChI=1S/C13H14Cl2FNO/c14-8-4-6-9(7-5-8)17-13(18)10-2-1-3-11(16)12(10)15/h1-3,8-9H,4-7H2,(H,17,18). The van der Waals surface area contributed by atoms with Crippen LogP contribution < -0.4 is 5.32 Å². The zero-order chi connectivity index (χ0) is 13.1. The van der Waals surface area contributed by atoms with Crippen molar-refractivity contribution in [2.24, 2.45) is 0 Å². The lowest BCUT2D eigenvalue weighted by atomic mass is 9.95. The third kappa shape index (κ3) is 3.15. The van der Waals surface area contributed by atoms with Crippen LogP contribution in [0.15, 0.2) is 18.2 Å². The van der Waals surface area contributed by atoms with Gasteiger partial charge < -0.3 is 5.32 Å². The number of hydrogen-bond acceptors (Lipinski definition) is 1. The summed E-state index contributed by atoms with van der Waals surface area (Å²) in [6.07, 6.45) is 3.49. The second-order valence-corrected chi connectivity index (χ2v) is 5.52. The maximum absolute atomic E-state index is 13.2. The van der Waals surface area contributed by atoms with E-state index in [1.807, 2.05) is 0 Å². The summed E-state index contributed by atoms with van der Waals surface area (Å²) in [5.74, 6) is -0.897. The first-order valence-electron chi connectivity index (χ1n) is 5.97. The van der Waals surface area contributed by atoms with Gasteiger partial charge in [-0.3, -0.25) is 4.79 Å². The Morgan fingerprint density at radius 3 is 2.61 bits per heavy atom. The van der Waals surface area contributed by atoms with Crippen LogP contribution in [-0.2, 0) is 0 Å². The van der Waals surface area contributed by atoms with Gasteiger partial charge in [0.15, 0.2) is 0 Å². The molecule has 1 aromatic carbocycles. The summed E-state index contributed by atoms with van der Waals surface area (Å²) in [5, 5.41) is 2.96. The minimum atomic E-state index is -0.575. The van der Waals surface area contributed by atoms with Crippen LogP contribution >= 0.6 is 23.2 Å². The number of amides is 1. The fourth-order valence-corrected chi connectivity index (χ4v) is 2.60. The van der Waals surface area contributed by atoms with Gasteiger partial charge in [0.05, 0.1) is 10.6 Å². The highest BCUT2D eigenvalue weighted by Crippen LogP contribution is 2.24. The van der Waals surface area contributed by atoms with Crippen molar-refractivity contribution in [2.45, 2.75) is 37.1 Å². The molecule has 0 saturated heterocycles. The van der Waals surface area contributed by atoms with Crippen molar-refractivity contribution in [3.8, 4) is 0 Å². The molecule has 0 aliphatic heterocycles. The molecule has 2 nitrogen and oxygen atoms in total. The molecule has 5 heteroatoms. The van der Waals surface area contributed by atoms with Crippen molar-refractivity contribution in [1.82, 2.24) is 5.32 Å². The van der Waals surface area contributed by atoms with Crippen LogP contribution in [-0.4, -0.2) is 17.3 Å². The second kappa shape index (κ2) is 5.89. The lowest BCUT2D eigenvalue weighted by molar-refractivity contribution is 0.0927. The number of nitrogens with one attached hydrogen (secondary N) is 1. The Labute approximate surface area is 115 Å². The fourth-order valence-electron chi connectivity index (χ4n) is 2.14. The maximum Gasteiger partial charge on any atom is 0.253 e. The Hall–Kier alpha value is -0.800. The molecule has 1 aliphatic carbocycles. The lowest BCUT2D eigenvalue weighted by Gasteiger charge is -2.25. The van der Waals surface area contributed by atoms with Crippen molar-refractivity contribution >= 4 is 29.1 Å². The maximum atomic E-state index is 13.2. The zero-order valence-corrected chi connectivity index (χ0v) is 11.3. The van der Waals surface area contributed by atoms with Gasteiger partial charge in [0.1, 0.15) is 5.82 Å². The average molecular weight is 290 g/mol. The quantitative estimate of drug-likeness (QED) is 0.826. The molecule has 98 valence electrons. The van der Waals surface area contributed by atoms with Crippen LogP contribution in [0, 0.1) is 5.82 Å². The van der Waals surface area contributed by atoms with E-state index in [0.29, 0.717) is 0 Å². The van der Waals surface area contributed by atoms with Crippen molar-refractivity contribution in [3.63, 3.8) is 0 Å². The smallest absolute Gasteiger partial charge is 0.253 e. The van der Waals surface area contributed by atoms with E-state index in [0.717, 1.165) is 25.7 Å². The second-order valence-electron chi connectivity index (χ2n) is 4.52. The highest BCUT2D eigenvalue weighted by molar-refractivity contribution is 6.34. The van der Waals surface area contributed by atoms with Crippen molar-refractivity contribution < 1.29 is 9.18 Å². The molecule has 0 bridgehead atoms. The van der Waals surface area contributed by atoms with E-state index in [1.54, 1.807) is 0 Å². The average Bonchev–Trinajstić information content (AvgIpc) is 2.35. The van der Waals surface area contributed by atoms with Crippen LogP contribution in [0.2, 0.25) is 5.02 Å². The van der Waals surface area contributed by atoms with E-state index in [4.69, 9.17) is 23.2 Å². The van der Waals surface area contributed by atoms with Crippen molar-refractivity contribution in [2.75, 3.05) is 0 Å². The number of alkyl halides is 1. The summed E-state index contributed by atoms with van der Waals surface area (Å²) in [6.45, 7) is 0. The van der Waals surface area contributed by atoms with Crippen LogP contribution in [0.5, 0.6) is 0 Å². The van der Waals surface area contributed by atoms with Gasteiger partial charge in [0.25, 0.3) is 5.91 Å². The van der Waals surface area contributed by atoms with Crippen molar-refractivity contribution in [3.05, 3.63) is 34.6 Å². The third-order valence-corrected chi connectivity index (χ3v) is 4.01. The van der Waals surface area contributed by atoms with Gasteiger partial charge in [0.2, 0.25) is 0 Å². The zero-order valence-electron chi connectivity index (χ0n) is 9.76. The van der Waals surface area contributed by atoms with Gasteiger partial charge >= 0.3 is 0 Å². The molecule has 1 N–H and O–H groups in total. The highest BCUT2D eigenvalue weighted by atomic mass is 35.5. The molecule has 1 aromatic rings. The van der Waals surface area contributed by atoms with E-state index >= 15 is 0 Å². The summed E-state index contributed by atoms with van der Waals surface area (Å²) in [4.78, 5) is 12.0. The van der Waals surface area contributed by atoms with Crippen LogP contribution in [0.4, 0.5) is 4.39 Å². The van der Waals surface area contributed by atoms with Gasteiger partial charge in [-0.05, 0) is 37.8 Å². The molecule has 1 amide bonds. The topological polar surface area (TPSA) is 29.1 Å². The first kappa shape index (κ1) is 13.6. The molecule has 0 spiro atoms. The third-order valence-electron chi connectivity index (χ3n) is 3.19. The molecule has 1 aliphatic rings. The van der Waals surface area contributed by atoms with Gasteiger partial charge in [-0.2, -0.15) is 0 Å². The molecule has 1 saturated carbocycles. The number of hydrogen-bond donors (Lipinski definition) is 1. The summed E-state index contributed by atoms with van der Waals surface area (Å²) < 4.78 is 13.2. The summed E-state index contributed by atoms with van der Waals surface area (Å²) in [5.41, 5.74) is 0.185. The Morgan fingerprint density at radius 1 is 1.28 bits per heavy atom. The Balaban J connectivity index is 2.01. The highest BCUT2D eigenvalue weighted by Gasteiger charge is 2.22. The van der Waals surface area contributed by atoms with E-state index < -0.39 is 5.82 Å². The number of rotatable bonds is 2. The molecule has 0 heterocycles. The van der Waals surface area contributed by atoms with E-state index in [1.165, 1.54) is 18.2 Å². The van der Waals surface area contributed by atoms with Gasteiger partial charge in [-0.1, -0.05) is 17.7 Å². The first-order chi connectivity index (χ1) is 8.58. The molecular weight excluding hydrogens is 276 g/mol. The summed E-state index contributed by atoms with van der Waals surface area (Å²) in [6, 6.07) is 4.34. The van der Waals surface area contributed by atoms with E-state index in [-0.39, 0.29) is 27.9 Å².